The van der Waals surface area contributed by atoms with E-state index >= 15 is 0 Å². The molecule has 236 valence electrons. The van der Waals surface area contributed by atoms with Crippen molar-refractivity contribution < 1.29 is 4.74 Å². The molecule has 0 fully saturated rings. The Balaban J connectivity index is 1.15. The van der Waals surface area contributed by atoms with Gasteiger partial charge < -0.3 is 14.5 Å². The largest absolute Gasteiger partial charge is 0.457 e. The second-order valence-corrected chi connectivity index (χ2v) is 15.1. The van der Waals surface area contributed by atoms with Crippen LogP contribution in [0.15, 0.2) is 121 Å². The van der Waals surface area contributed by atoms with Crippen LogP contribution in [-0.2, 0) is 10.8 Å². The number of rotatable bonds is 4. The Morgan fingerprint density at radius 1 is 0.702 bits per heavy atom. The van der Waals surface area contributed by atoms with Crippen LogP contribution < -0.4 is 14.5 Å². The van der Waals surface area contributed by atoms with E-state index in [-0.39, 0.29) is 16.2 Å². The van der Waals surface area contributed by atoms with Gasteiger partial charge in [0, 0.05) is 63.2 Å². The highest BCUT2D eigenvalue weighted by Crippen LogP contribution is 2.56. The minimum absolute atomic E-state index is 0.00239. The standard InChI is InChI=1S/C42H42N4O/c1-40(2,3)28-21-22-43-39(23-28)46-35-17-10-8-15-32(35)33-20-19-31(25-37(33)46)47-30-14-12-13-29(24-30)44-26-38-42(6,7)41(4,5)34-16-9-11-18-36(34)45(38)27-44/h8-26H,27H2,1-7H3. The van der Waals surface area contributed by atoms with Gasteiger partial charge in [-0.2, -0.15) is 0 Å². The van der Waals surface area contributed by atoms with E-state index < -0.39 is 0 Å². The van der Waals surface area contributed by atoms with Crippen molar-refractivity contribution >= 4 is 33.2 Å². The topological polar surface area (TPSA) is 33.5 Å². The summed E-state index contributed by atoms with van der Waals surface area (Å²) in [5, 5.41) is 2.38. The summed E-state index contributed by atoms with van der Waals surface area (Å²) in [6.45, 7) is 17.0. The molecular weight excluding hydrogens is 576 g/mol. The average molecular weight is 619 g/mol. The summed E-state index contributed by atoms with van der Waals surface area (Å²) in [6.07, 6.45) is 4.25. The first kappa shape index (κ1) is 29.4. The normalized spacial score (nSPS) is 16.7. The monoisotopic (exact) mass is 618 g/mol. The van der Waals surface area contributed by atoms with Crippen molar-refractivity contribution in [1.82, 2.24) is 9.55 Å². The Morgan fingerprint density at radius 2 is 1.45 bits per heavy atom. The third kappa shape index (κ3) is 4.55. The van der Waals surface area contributed by atoms with E-state index in [1.165, 1.54) is 33.3 Å². The number of nitrogens with zero attached hydrogens (tertiary/aromatic N) is 4. The average Bonchev–Trinajstić information content (AvgIpc) is 3.65. The Hall–Kier alpha value is -5.03. The van der Waals surface area contributed by atoms with Crippen LogP contribution in [0, 0.1) is 5.41 Å². The molecule has 0 spiro atoms. The molecule has 4 heterocycles. The Kier molecular flexibility index (Phi) is 6.40. The number of benzene rings is 4. The van der Waals surface area contributed by atoms with Crippen LogP contribution in [0.25, 0.3) is 27.6 Å². The van der Waals surface area contributed by atoms with Crippen molar-refractivity contribution in [1.29, 1.82) is 0 Å². The third-order valence-electron chi connectivity index (χ3n) is 10.8. The van der Waals surface area contributed by atoms with Gasteiger partial charge in [0.1, 0.15) is 17.3 Å². The predicted molar refractivity (Wildman–Crippen MR) is 195 cm³/mol. The Morgan fingerprint density at radius 3 is 2.28 bits per heavy atom. The van der Waals surface area contributed by atoms with Crippen LogP contribution in [0.4, 0.5) is 11.4 Å². The molecule has 0 bridgehead atoms. The van der Waals surface area contributed by atoms with Crippen molar-refractivity contribution in [2.24, 2.45) is 5.41 Å². The van der Waals surface area contributed by atoms with Gasteiger partial charge in [0.15, 0.2) is 0 Å². The van der Waals surface area contributed by atoms with Crippen molar-refractivity contribution in [2.75, 3.05) is 16.5 Å². The van der Waals surface area contributed by atoms with Gasteiger partial charge in [-0.1, -0.05) is 90.9 Å². The van der Waals surface area contributed by atoms with E-state index in [2.05, 4.69) is 166 Å². The molecule has 0 saturated heterocycles. The lowest BCUT2D eigenvalue weighted by molar-refractivity contribution is 0.235. The first-order chi connectivity index (χ1) is 22.4. The summed E-state index contributed by atoms with van der Waals surface area (Å²) in [4.78, 5) is 9.66. The molecule has 47 heavy (non-hydrogen) atoms. The maximum atomic E-state index is 6.61. The molecule has 0 N–H and O–H groups in total. The van der Waals surface area contributed by atoms with Crippen LogP contribution >= 0.6 is 0 Å². The van der Waals surface area contributed by atoms with Crippen molar-refractivity contribution in [3.8, 4) is 17.3 Å². The number of hydrogen-bond acceptors (Lipinski definition) is 4. The van der Waals surface area contributed by atoms with Crippen LogP contribution in [0.3, 0.4) is 0 Å². The van der Waals surface area contributed by atoms with Crippen LogP contribution in [0.1, 0.15) is 59.6 Å². The maximum absolute atomic E-state index is 6.61. The van der Waals surface area contributed by atoms with Gasteiger partial charge in [-0.15, -0.1) is 0 Å². The van der Waals surface area contributed by atoms with E-state index in [4.69, 9.17) is 9.72 Å². The molecule has 0 atom stereocenters. The Labute approximate surface area is 277 Å². The van der Waals surface area contributed by atoms with E-state index in [0.717, 1.165) is 40.7 Å². The summed E-state index contributed by atoms with van der Waals surface area (Å²) >= 11 is 0. The van der Waals surface area contributed by atoms with E-state index in [1.807, 2.05) is 12.3 Å². The molecule has 0 radical (unpaired) electrons. The molecule has 2 aliphatic rings. The van der Waals surface area contributed by atoms with Crippen LogP contribution in [-0.4, -0.2) is 16.2 Å². The van der Waals surface area contributed by atoms with Crippen LogP contribution in [0.2, 0.25) is 0 Å². The quantitative estimate of drug-likeness (QED) is 0.197. The number of aromatic nitrogens is 2. The molecule has 5 nitrogen and oxygen atoms in total. The predicted octanol–water partition coefficient (Wildman–Crippen LogP) is 10.7. The Bertz CT molecular complexity index is 2210. The molecular formula is C42H42N4O. The molecule has 2 aromatic heterocycles. The molecule has 0 unspecified atom stereocenters. The van der Waals surface area contributed by atoms with Gasteiger partial charge in [0.05, 0.1) is 17.7 Å². The number of pyridine rings is 1. The molecule has 8 rings (SSSR count). The zero-order valence-electron chi connectivity index (χ0n) is 28.4. The van der Waals surface area contributed by atoms with Gasteiger partial charge in [0.2, 0.25) is 0 Å². The summed E-state index contributed by atoms with van der Waals surface area (Å²) < 4.78 is 8.87. The lowest BCUT2D eigenvalue weighted by Crippen LogP contribution is -2.48. The van der Waals surface area contributed by atoms with Gasteiger partial charge in [0.25, 0.3) is 0 Å². The summed E-state index contributed by atoms with van der Waals surface area (Å²) in [6, 6.07) is 36.6. The van der Waals surface area contributed by atoms with E-state index in [1.54, 1.807) is 0 Å². The highest BCUT2D eigenvalue weighted by atomic mass is 16.5. The fourth-order valence-corrected chi connectivity index (χ4v) is 7.37. The third-order valence-corrected chi connectivity index (χ3v) is 10.8. The lowest BCUT2D eigenvalue weighted by Gasteiger charge is -2.51. The van der Waals surface area contributed by atoms with E-state index in [0.29, 0.717) is 0 Å². The summed E-state index contributed by atoms with van der Waals surface area (Å²) in [5.74, 6) is 2.51. The van der Waals surface area contributed by atoms with Gasteiger partial charge in [-0.3, -0.25) is 4.57 Å². The van der Waals surface area contributed by atoms with Crippen molar-refractivity contribution in [3.05, 3.63) is 132 Å². The van der Waals surface area contributed by atoms with Crippen molar-refractivity contribution in [2.45, 2.75) is 59.3 Å². The first-order valence-corrected chi connectivity index (χ1v) is 16.6. The lowest BCUT2D eigenvalue weighted by atomic mass is 9.60. The SMILES string of the molecule is CC(C)(C)c1ccnc(-n2c3ccccc3c3ccc(Oc4cccc(N5C=C6N(C5)c5ccccc5C(C)(C)C6(C)C)c4)cc32)c1. The highest BCUT2D eigenvalue weighted by Gasteiger charge is 2.50. The number of para-hydroxylation sites is 2. The molecule has 6 aromatic rings. The summed E-state index contributed by atoms with van der Waals surface area (Å²) in [5.41, 5.74) is 8.57. The van der Waals surface area contributed by atoms with Gasteiger partial charge in [-0.05, 0) is 65.1 Å². The van der Waals surface area contributed by atoms with E-state index in [9.17, 15) is 0 Å². The second kappa shape index (κ2) is 10.2. The summed E-state index contributed by atoms with van der Waals surface area (Å²) in [7, 11) is 0. The van der Waals surface area contributed by atoms with Crippen LogP contribution in [0.5, 0.6) is 11.5 Å². The smallest absolute Gasteiger partial charge is 0.137 e. The zero-order valence-corrected chi connectivity index (χ0v) is 28.4. The number of ether oxygens (including phenoxy) is 1. The maximum Gasteiger partial charge on any atom is 0.137 e. The number of hydrogen-bond donors (Lipinski definition) is 0. The van der Waals surface area contributed by atoms with Gasteiger partial charge in [-0.25, -0.2) is 4.98 Å². The fourth-order valence-electron chi connectivity index (χ4n) is 7.37. The zero-order chi connectivity index (χ0) is 32.7. The number of fused-ring (bicyclic) bond motifs is 6. The molecule has 5 heteroatoms. The molecule has 0 saturated carbocycles. The van der Waals surface area contributed by atoms with Crippen molar-refractivity contribution in [3.63, 3.8) is 0 Å². The fraction of sp³-hybridized carbons (Fsp3) is 0.262. The minimum Gasteiger partial charge on any atom is -0.457 e. The number of anilines is 2. The molecule has 2 aliphatic heterocycles. The van der Waals surface area contributed by atoms with Gasteiger partial charge >= 0.3 is 0 Å². The molecule has 4 aromatic carbocycles. The number of allylic oxidation sites excluding steroid dienone is 1. The minimum atomic E-state index is -0.0423. The molecule has 0 amide bonds. The second-order valence-electron chi connectivity index (χ2n) is 15.1. The molecule has 0 aliphatic carbocycles. The highest BCUT2D eigenvalue weighted by molar-refractivity contribution is 6.09. The first-order valence-electron chi connectivity index (χ1n) is 16.6.